The van der Waals surface area contributed by atoms with Crippen molar-refractivity contribution < 1.29 is 8.42 Å². The van der Waals surface area contributed by atoms with Gasteiger partial charge in [0, 0.05) is 5.69 Å². The van der Waals surface area contributed by atoms with Crippen molar-refractivity contribution in [3.05, 3.63) is 54.6 Å². The van der Waals surface area contributed by atoms with E-state index in [1.807, 2.05) is 25.1 Å². The molecule has 1 aliphatic rings. The fraction of sp³-hybridized carbons (Fsp3) is 0.231. The second-order valence-electron chi connectivity index (χ2n) is 4.35. The van der Waals surface area contributed by atoms with Crippen LogP contribution in [-0.2, 0) is 10.0 Å². The maximum atomic E-state index is 12.1. The first kappa shape index (κ1) is 13.4. The molecule has 0 amide bonds. The summed E-state index contributed by atoms with van der Waals surface area (Å²) in [4.78, 5) is 0. The lowest BCUT2D eigenvalue weighted by Gasteiger charge is -2.21. The predicted molar refractivity (Wildman–Crippen MR) is 78.4 cm³/mol. The Morgan fingerprint density at radius 2 is 1.72 bits per heavy atom. The molecule has 1 aromatic carbocycles. The van der Waals surface area contributed by atoms with Crippen LogP contribution in [-0.4, -0.2) is 18.0 Å². The first-order chi connectivity index (χ1) is 8.39. The van der Waals surface area contributed by atoms with Gasteiger partial charge in [-0.1, -0.05) is 58.4 Å². The molecule has 0 bridgehead atoms. The van der Waals surface area contributed by atoms with Crippen LogP contribution in [0.3, 0.4) is 0 Å². The molecule has 0 radical (unpaired) electrons. The summed E-state index contributed by atoms with van der Waals surface area (Å²) in [6, 6.07) is 8.87. The van der Waals surface area contributed by atoms with E-state index in [0.29, 0.717) is 5.69 Å². The monoisotopic (exact) mass is 327 g/mol. The van der Waals surface area contributed by atoms with Crippen molar-refractivity contribution in [3.8, 4) is 0 Å². The molecule has 2 rings (SSSR count). The smallest absolute Gasteiger partial charge is 0.242 e. The van der Waals surface area contributed by atoms with Crippen molar-refractivity contribution >= 4 is 31.6 Å². The average molecular weight is 328 g/mol. The second kappa shape index (κ2) is 4.90. The summed E-state index contributed by atoms with van der Waals surface area (Å²) in [5.74, 6) is 0. The molecule has 18 heavy (non-hydrogen) atoms. The fourth-order valence-corrected chi connectivity index (χ4v) is 3.11. The van der Waals surface area contributed by atoms with Crippen LogP contribution in [0.5, 0.6) is 0 Å². The summed E-state index contributed by atoms with van der Waals surface area (Å²) in [5, 5.41) is -0.636. The molecule has 0 aromatic heterocycles. The van der Waals surface area contributed by atoms with Gasteiger partial charge in [-0.2, -0.15) is 0 Å². The van der Waals surface area contributed by atoms with Crippen LogP contribution in [0.2, 0.25) is 0 Å². The van der Waals surface area contributed by atoms with Crippen LogP contribution in [0.15, 0.2) is 54.6 Å². The minimum atomic E-state index is -3.43. The SMILES string of the molecule is CC1(Br)C=CC(S(=O)(=O)Nc2ccccc2)C=C1. The molecular weight excluding hydrogens is 314 g/mol. The Morgan fingerprint density at radius 1 is 1.17 bits per heavy atom. The van der Waals surface area contributed by atoms with Crippen LogP contribution in [0, 0.1) is 0 Å². The highest BCUT2D eigenvalue weighted by molar-refractivity contribution is 9.10. The van der Waals surface area contributed by atoms with Crippen LogP contribution in [0.1, 0.15) is 6.92 Å². The van der Waals surface area contributed by atoms with Crippen LogP contribution < -0.4 is 4.72 Å². The van der Waals surface area contributed by atoms with Gasteiger partial charge in [-0.05, 0) is 19.1 Å². The van der Waals surface area contributed by atoms with Gasteiger partial charge in [0.25, 0.3) is 0 Å². The van der Waals surface area contributed by atoms with Crippen molar-refractivity contribution in [1.29, 1.82) is 0 Å². The van der Waals surface area contributed by atoms with E-state index in [1.54, 1.807) is 36.4 Å². The van der Waals surface area contributed by atoms with Crippen LogP contribution in [0.25, 0.3) is 0 Å². The van der Waals surface area contributed by atoms with Crippen molar-refractivity contribution in [3.63, 3.8) is 0 Å². The standard InChI is InChI=1S/C13H14BrNO2S/c1-13(14)9-7-12(8-10-13)18(16,17)15-11-5-3-2-4-6-11/h2-10,12,15H,1H3. The van der Waals surface area contributed by atoms with Crippen LogP contribution >= 0.6 is 15.9 Å². The highest BCUT2D eigenvalue weighted by Crippen LogP contribution is 2.27. The number of para-hydroxylation sites is 1. The number of sulfonamides is 1. The molecule has 0 unspecified atom stereocenters. The number of benzene rings is 1. The zero-order valence-electron chi connectivity index (χ0n) is 9.88. The van der Waals surface area contributed by atoms with Crippen molar-refractivity contribution in [2.45, 2.75) is 16.5 Å². The lowest BCUT2D eigenvalue weighted by molar-refractivity contribution is 0.599. The minimum Gasteiger partial charge on any atom is -0.283 e. The Kier molecular flexibility index (Phi) is 3.64. The van der Waals surface area contributed by atoms with Gasteiger partial charge in [-0.25, -0.2) is 8.42 Å². The number of allylic oxidation sites excluding steroid dienone is 2. The lowest BCUT2D eigenvalue weighted by atomic mass is 10.1. The average Bonchev–Trinajstić information content (AvgIpc) is 2.29. The third-order valence-electron chi connectivity index (χ3n) is 2.62. The van der Waals surface area contributed by atoms with Gasteiger partial charge >= 0.3 is 0 Å². The molecule has 96 valence electrons. The number of nitrogens with one attached hydrogen (secondary N) is 1. The van der Waals surface area contributed by atoms with E-state index in [9.17, 15) is 8.42 Å². The van der Waals surface area contributed by atoms with Gasteiger partial charge in [0.05, 0.1) is 4.32 Å². The highest BCUT2D eigenvalue weighted by Gasteiger charge is 2.26. The topological polar surface area (TPSA) is 46.2 Å². The van der Waals surface area contributed by atoms with Gasteiger partial charge in [-0.3, -0.25) is 4.72 Å². The molecule has 5 heteroatoms. The molecule has 0 aliphatic heterocycles. The summed E-state index contributed by atoms with van der Waals surface area (Å²) >= 11 is 3.46. The molecule has 0 spiro atoms. The molecular formula is C13H14BrNO2S. The molecule has 0 fully saturated rings. The van der Waals surface area contributed by atoms with Crippen molar-refractivity contribution in [2.75, 3.05) is 4.72 Å². The molecule has 0 heterocycles. The fourth-order valence-electron chi connectivity index (χ4n) is 1.63. The number of halogens is 1. The second-order valence-corrected chi connectivity index (χ2v) is 7.89. The van der Waals surface area contributed by atoms with E-state index in [0.717, 1.165) is 0 Å². The van der Waals surface area contributed by atoms with Gasteiger partial charge in [0.1, 0.15) is 5.25 Å². The normalized spacial score (nSPS) is 27.1. The van der Waals surface area contributed by atoms with Crippen molar-refractivity contribution in [2.24, 2.45) is 0 Å². The van der Waals surface area contributed by atoms with E-state index in [1.165, 1.54) is 0 Å². The van der Waals surface area contributed by atoms with E-state index < -0.39 is 15.3 Å². The highest BCUT2D eigenvalue weighted by atomic mass is 79.9. The molecule has 0 saturated carbocycles. The number of alkyl halides is 1. The summed E-state index contributed by atoms with van der Waals surface area (Å²) < 4.78 is 26.6. The number of rotatable bonds is 3. The largest absolute Gasteiger partial charge is 0.283 e. The number of anilines is 1. The molecule has 1 aliphatic carbocycles. The molecule has 0 atom stereocenters. The lowest BCUT2D eigenvalue weighted by Crippen LogP contribution is -2.28. The summed E-state index contributed by atoms with van der Waals surface area (Å²) in [5.41, 5.74) is 0.575. The Labute approximate surface area is 116 Å². The maximum absolute atomic E-state index is 12.1. The Hall–Kier alpha value is -1.07. The zero-order valence-corrected chi connectivity index (χ0v) is 12.3. The van der Waals surface area contributed by atoms with E-state index >= 15 is 0 Å². The van der Waals surface area contributed by atoms with E-state index in [4.69, 9.17) is 0 Å². The van der Waals surface area contributed by atoms with E-state index in [-0.39, 0.29) is 4.32 Å². The first-order valence-corrected chi connectivity index (χ1v) is 7.87. The van der Waals surface area contributed by atoms with Crippen molar-refractivity contribution in [1.82, 2.24) is 0 Å². The third-order valence-corrected chi connectivity index (χ3v) is 4.70. The summed E-state index contributed by atoms with van der Waals surface area (Å²) in [7, 11) is -3.43. The maximum Gasteiger partial charge on any atom is 0.242 e. The molecule has 1 aromatic rings. The van der Waals surface area contributed by atoms with Gasteiger partial charge in [0.2, 0.25) is 10.0 Å². The van der Waals surface area contributed by atoms with E-state index in [2.05, 4.69) is 20.7 Å². The Bertz CT molecular complexity index is 560. The zero-order chi connectivity index (χ0) is 13.2. The first-order valence-electron chi connectivity index (χ1n) is 5.53. The Morgan fingerprint density at radius 3 is 2.28 bits per heavy atom. The molecule has 0 saturated heterocycles. The van der Waals surface area contributed by atoms with Gasteiger partial charge in [-0.15, -0.1) is 0 Å². The Balaban J connectivity index is 2.17. The summed E-state index contributed by atoms with van der Waals surface area (Å²) in [6.07, 6.45) is 7.03. The number of hydrogen-bond donors (Lipinski definition) is 1. The minimum absolute atomic E-state index is 0.258. The van der Waals surface area contributed by atoms with Gasteiger partial charge < -0.3 is 0 Å². The summed E-state index contributed by atoms with van der Waals surface area (Å²) in [6.45, 7) is 1.95. The van der Waals surface area contributed by atoms with Crippen LogP contribution in [0.4, 0.5) is 5.69 Å². The molecule has 1 N–H and O–H groups in total. The third kappa shape index (κ3) is 3.23. The number of hydrogen-bond acceptors (Lipinski definition) is 2. The quantitative estimate of drug-likeness (QED) is 0.685. The molecule has 3 nitrogen and oxygen atoms in total. The predicted octanol–water partition coefficient (Wildman–Crippen LogP) is 3.08. The van der Waals surface area contributed by atoms with Gasteiger partial charge in [0.15, 0.2) is 0 Å².